The fraction of sp³-hybridized carbons (Fsp3) is 0.235. The van der Waals surface area contributed by atoms with E-state index in [0.717, 1.165) is 5.56 Å². The van der Waals surface area contributed by atoms with Crippen molar-refractivity contribution in [3.8, 4) is 0 Å². The van der Waals surface area contributed by atoms with Crippen molar-refractivity contribution >= 4 is 29.8 Å². The van der Waals surface area contributed by atoms with E-state index < -0.39 is 29.1 Å². The van der Waals surface area contributed by atoms with Gasteiger partial charge in [-0.3, -0.25) is 10.1 Å². The highest BCUT2D eigenvalue weighted by Gasteiger charge is 2.29. The molecule has 1 aromatic carbocycles. The van der Waals surface area contributed by atoms with E-state index in [9.17, 15) is 24.8 Å². The first-order valence-electron chi connectivity index (χ1n) is 8.01. The summed E-state index contributed by atoms with van der Waals surface area (Å²) in [7, 11) is 0. The molecule has 0 saturated heterocycles. The van der Waals surface area contributed by atoms with Crippen molar-refractivity contribution in [3.05, 3.63) is 64.3 Å². The number of carboxylic acid groups (broad SMARTS) is 1. The van der Waals surface area contributed by atoms with Crippen LogP contribution in [-0.2, 0) is 20.3 Å². The summed E-state index contributed by atoms with van der Waals surface area (Å²) in [6.45, 7) is 1.38. The summed E-state index contributed by atoms with van der Waals surface area (Å²) < 4.78 is 10.3. The quantitative estimate of drug-likeness (QED) is 0.364. The maximum atomic E-state index is 11.9. The van der Waals surface area contributed by atoms with Crippen molar-refractivity contribution in [2.75, 3.05) is 0 Å². The number of carboxylic acids is 1. The third-order valence-electron chi connectivity index (χ3n) is 3.45. The molecular formula is C17H17N3O7S. The number of hydrogen-bond acceptors (Lipinski definition) is 8. The molecule has 2 aromatic rings. The van der Waals surface area contributed by atoms with E-state index in [1.807, 2.05) is 6.07 Å². The van der Waals surface area contributed by atoms with Gasteiger partial charge in [0, 0.05) is 12.3 Å². The van der Waals surface area contributed by atoms with Crippen LogP contribution in [0, 0.1) is 10.1 Å². The topological polar surface area (TPSA) is 141 Å². The molecule has 0 spiro atoms. The lowest BCUT2D eigenvalue weighted by Gasteiger charge is -2.20. The zero-order valence-corrected chi connectivity index (χ0v) is 15.5. The largest absolute Gasteiger partial charge is 0.480 e. The Morgan fingerprint density at radius 3 is 2.64 bits per heavy atom. The van der Waals surface area contributed by atoms with Gasteiger partial charge in [0.2, 0.25) is 5.03 Å². The van der Waals surface area contributed by atoms with Gasteiger partial charge in [0.1, 0.15) is 12.7 Å². The van der Waals surface area contributed by atoms with Crippen LogP contribution in [0.3, 0.4) is 0 Å². The lowest BCUT2D eigenvalue weighted by Crippen LogP contribution is -2.48. The summed E-state index contributed by atoms with van der Waals surface area (Å²) in [5.41, 5.74) is 0.466. The summed E-state index contributed by atoms with van der Waals surface area (Å²) in [6, 6.07) is 10.1. The number of nitrogens with zero attached hydrogens (tertiary/aromatic N) is 2. The second-order valence-corrected chi connectivity index (χ2v) is 6.24. The highest BCUT2D eigenvalue weighted by atomic mass is 32.2. The zero-order chi connectivity index (χ0) is 20.5. The van der Waals surface area contributed by atoms with Crippen LogP contribution in [0.4, 0.5) is 10.5 Å². The Hall–Kier alpha value is -3.18. The van der Waals surface area contributed by atoms with E-state index in [0.29, 0.717) is 12.0 Å². The zero-order valence-electron chi connectivity index (χ0n) is 14.7. The Morgan fingerprint density at radius 1 is 1.29 bits per heavy atom. The maximum Gasteiger partial charge on any atom is 0.408 e. The molecule has 1 amide bonds. The Labute approximate surface area is 164 Å². The van der Waals surface area contributed by atoms with Crippen LogP contribution in [0.1, 0.15) is 12.5 Å². The first-order valence-corrected chi connectivity index (χ1v) is 8.75. The van der Waals surface area contributed by atoms with Crippen molar-refractivity contribution < 1.29 is 28.5 Å². The highest BCUT2D eigenvalue weighted by molar-refractivity contribution is 7.94. The van der Waals surface area contributed by atoms with Crippen LogP contribution in [0.25, 0.3) is 0 Å². The number of aromatic nitrogens is 1. The average molecular weight is 407 g/mol. The minimum Gasteiger partial charge on any atom is -0.480 e. The van der Waals surface area contributed by atoms with Gasteiger partial charge in [-0.2, -0.15) is 0 Å². The van der Waals surface area contributed by atoms with E-state index in [-0.39, 0.29) is 17.3 Å². The second-order valence-electron chi connectivity index (χ2n) is 5.49. The number of carbonyl (C=O) groups excluding carboxylic acids is 1. The lowest BCUT2D eigenvalue weighted by molar-refractivity contribution is -0.388. The molecule has 1 aromatic heterocycles. The van der Waals surface area contributed by atoms with Crippen molar-refractivity contribution in [2.45, 2.75) is 30.7 Å². The molecule has 0 saturated carbocycles. The molecule has 148 valence electrons. The molecule has 0 fully saturated rings. The van der Waals surface area contributed by atoms with Crippen molar-refractivity contribution in [2.24, 2.45) is 0 Å². The van der Waals surface area contributed by atoms with Crippen LogP contribution in [0.5, 0.6) is 0 Å². The lowest BCUT2D eigenvalue weighted by atomic mass is 10.2. The van der Waals surface area contributed by atoms with Crippen molar-refractivity contribution in [3.63, 3.8) is 0 Å². The van der Waals surface area contributed by atoms with E-state index >= 15 is 0 Å². The molecule has 2 rings (SSSR count). The number of nitrogens with one attached hydrogen (secondary N) is 1. The molecule has 0 radical (unpaired) electrons. The predicted octanol–water partition coefficient (Wildman–Crippen LogP) is 2.78. The number of aliphatic carboxylic acids is 1. The number of amides is 1. The van der Waals surface area contributed by atoms with E-state index in [2.05, 4.69) is 10.3 Å². The Kier molecular flexibility index (Phi) is 7.72. The minimum absolute atomic E-state index is 0.0247. The standard InChI is InChI=1S/C17H17N3O7S/c1-11(27-28-15-13(20(24)25)8-5-9-18-15)14(16(21)22)19-17(23)26-10-12-6-3-2-4-7-12/h2-9,11,14H,10H2,1H3,(H,19,23)(H,21,22)/t11-,14+/m1/s1. The Bertz CT molecular complexity index is 835. The molecule has 10 nitrogen and oxygen atoms in total. The molecule has 0 aliphatic rings. The van der Waals surface area contributed by atoms with Crippen LogP contribution < -0.4 is 5.32 Å². The van der Waals surface area contributed by atoms with Gasteiger partial charge in [-0.05, 0) is 18.6 Å². The number of pyridine rings is 1. The molecule has 0 unspecified atom stereocenters. The van der Waals surface area contributed by atoms with Gasteiger partial charge in [0.05, 0.1) is 17.0 Å². The molecule has 2 N–H and O–H groups in total. The molecule has 28 heavy (non-hydrogen) atoms. The predicted molar refractivity (Wildman–Crippen MR) is 98.5 cm³/mol. The van der Waals surface area contributed by atoms with Crippen LogP contribution >= 0.6 is 12.0 Å². The number of nitro groups is 1. The molecule has 0 aliphatic heterocycles. The summed E-state index contributed by atoms with van der Waals surface area (Å²) in [5, 5.41) is 22.5. The number of rotatable bonds is 9. The summed E-state index contributed by atoms with van der Waals surface area (Å²) in [4.78, 5) is 37.5. The number of carbonyl (C=O) groups is 2. The number of hydrogen-bond donors (Lipinski definition) is 2. The van der Waals surface area contributed by atoms with E-state index in [4.69, 9.17) is 8.92 Å². The third kappa shape index (κ3) is 6.21. The third-order valence-corrected chi connectivity index (χ3v) is 4.32. The molecule has 1 heterocycles. The van der Waals surface area contributed by atoms with Crippen LogP contribution in [0.2, 0.25) is 0 Å². The maximum absolute atomic E-state index is 11.9. The first kappa shape index (κ1) is 21.1. The Balaban J connectivity index is 1.92. The summed E-state index contributed by atoms with van der Waals surface area (Å²) >= 11 is 0.558. The first-order chi connectivity index (χ1) is 13.4. The van der Waals surface area contributed by atoms with Gasteiger partial charge in [-0.25, -0.2) is 14.6 Å². The van der Waals surface area contributed by atoms with Crippen LogP contribution in [0.15, 0.2) is 53.7 Å². The smallest absolute Gasteiger partial charge is 0.408 e. The molecule has 0 bridgehead atoms. The van der Waals surface area contributed by atoms with E-state index in [1.165, 1.54) is 25.3 Å². The van der Waals surface area contributed by atoms with Gasteiger partial charge < -0.3 is 19.3 Å². The van der Waals surface area contributed by atoms with Crippen molar-refractivity contribution in [1.82, 2.24) is 10.3 Å². The van der Waals surface area contributed by atoms with Gasteiger partial charge in [-0.15, -0.1) is 0 Å². The monoisotopic (exact) mass is 407 g/mol. The summed E-state index contributed by atoms with van der Waals surface area (Å²) in [6.07, 6.45) is -0.619. The van der Waals surface area contributed by atoms with Gasteiger partial charge in [-0.1, -0.05) is 30.3 Å². The van der Waals surface area contributed by atoms with Gasteiger partial charge >= 0.3 is 17.7 Å². The van der Waals surface area contributed by atoms with Crippen LogP contribution in [-0.4, -0.2) is 39.2 Å². The number of benzene rings is 1. The fourth-order valence-corrected chi connectivity index (χ4v) is 2.72. The average Bonchev–Trinajstić information content (AvgIpc) is 2.69. The molecule has 11 heteroatoms. The fourth-order valence-electron chi connectivity index (χ4n) is 2.03. The highest BCUT2D eigenvalue weighted by Crippen LogP contribution is 2.28. The van der Waals surface area contributed by atoms with Gasteiger partial charge in [0.25, 0.3) is 0 Å². The molecule has 0 aliphatic carbocycles. The normalized spacial score (nSPS) is 12.6. The molecule has 2 atom stereocenters. The Morgan fingerprint density at radius 2 is 2.00 bits per heavy atom. The number of ether oxygens (including phenoxy) is 1. The minimum atomic E-state index is -1.43. The SMILES string of the molecule is C[C@@H](OSc1ncccc1[N+](=O)[O-])[C@H](NC(=O)OCc1ccccc1)C(=O)O. The second kappa shape index (κ2) is 10.2. The van der Waals surface area contributed by atoms with Gasteiger partial charge in [0.15, 0.2) is 6.04 Å². The summed E-state index contributed by atoms with van der Waals surface area (Å²) in [5.74, 6) is -1.35. The van der Waals surface area contributed by atoms with Crippen molar-refractivity contribution in [1.29, 1.82) is 0 Å². The van der Waals surface area contributed by atoms with E-state index in [1.54, 1.807) is 24.3 Å². The number of alkyl carbamates (subject to hydrolysis) is 1. The molecular weight excluding hydrogens is 390 g/mol.